The van der Waals surface area contributed by atoms with Gasteiger partial charge in [0.05, 0.1) is 6.33 Å². The molecule has 0 atom stereocenters. The van der Waals surface area contributed by atoms with Crippen molar-refractivity contribution >= 4 is 22.9 Å². The van der Waals surface area contributed by atoms with Gasteiger partial charge in [-0.1, -0.05) is 12.2 Å². The van der Waals surface area contributed by atoms with Gasteiger partial charge in [0.25, 0.3) is 0 Å². The monoisotopic (exact) mass is 386 g/mol. The van der Waals surface area contributed by atoms with Crippen molar-refractivity contribution in [2.24, 2.45) is 0 Å². The van der Waals surface area contributed by atoms with E-state index in [9.17, 15) is 0 Å². The molecule has 2 aromatic heterocycles. The maximum absolute atomic E-state index is 5.96. The van der Waals surface area contributed by atoms with Crippen molar-refractivity contribution < 1.29 is 9.47 Å². The highest BCUT2D eigenvalue weighted by Crippen LogP contribution is 2.32. The van der Waals surface area contributed by atoms with Crippen molar-refractivity contribution in [3.63, 3.8) is 0 Å². The molecule has 2 aromatic rings. The Labute approximate surface area is 166 Å². The molecule has 0 aliphatic carbocycles. The first-order valence-corrected chi connectivity index (χ1v) is 9.87. The molecule has 0 amide bonds. The fraction of sp³-hybridized carbons (Fsp3) is 0.550. The molecular formula is C20H30N6O2. The van der Waals surface area contributed by atoms with Crippen LogP contribution in [0.1, 0.15) is 26.7 Å². The third-order valence-corrected chi connectivity index (χ3v) is 4.82. The molecule has 28 heavy (non-hydrogen) atoms. The van der Waals surface area contributed by atoms with Gasteiger partial charge in [0.15, 0.2) is 22.8 Å². The second kappa shape index (κ2) is 9.16. The Morgan fingerprint density at radius 2 is 1.86 bits per heavy atom. The van der Waals surface area contributed by atoms with Gasteiger partial charge in [-0.3, -0.25) is 0 Å². The number of nitrogens with zero attached hydrogens (tertiary/aromatic N) is 5. The lowest BCUT2D eigenvalue weighted by atomic mass is 10.0. The number of rotatable bonds is 10. The number of imidazole rings is 1. The molecule has 0 unspecified atom stereocenters. The summed E-state index contributed by atoms with van der Waals surface area (Å²) in [5.41, 5.74) is 1.59. The molecule has 8 heteroatoms. The van der Waals surface area contributed by atoms with Crippen molar-refractivity contribution in [3.8, 4) is 0 Å². The van der Waals surface area contributed by atoms with Crippen LogP contribution in [0.3, 0.4) is 0 Å². The van der Waals surface area contributed by atoms with E-state index in [1.165, 1.54) is 0 Å². The Morgan fingerprint density at radius 3 is 2.46 bits per heavy atom. The molecule has 152 valence electrons. The van der Waals surface area contributed by atoms with Gasteiger partial charge < -0.3 is 24.3 Å². The fourth-order valence-corrected chi connectivity index (χ4v) is 3.58. The second-order valence-corrected chi connectivity index (χ2v) is 6.66. The molecule has 0 aromatic carbocycles. The van der Waals surface area contributed by atoms with Crippen LogP contribution in [0.4, 0.5) is 11.8 Å². The zero-order chi connectivity index (χ0) is 20.0. The molecule has 0 radical (unpaired) electrons. The summed E-state index contributed by atoms with van der Waals surface area (Å²) in [6.07, 6.45) is 6.97. The van der Waals surface area contributed by atoms with E-state index >= 15 is 0 Å². The van der Waals surface area contributed by atoms with E-state index in [-0.39, 0.29) is 0 Å². The van der Waals surface area contributed by atoms with Crippen LogP contribution in [0.25, 0.3) is 11.2 Å². The van der Waals surface area contributed by atoms with Crippen LogP contribution in [0.2, 0.25) is 0 Å². The molecule has 8 nitrogen and oxygen atoms in total. The highest BCUT2D eigenvalue weighted by atomic mass is 16.7. The van der Waals surface area contributed by atoms with Crippen molar-refractivity contribution in [2.75, 3.05) is 43.1 Å². The lowest BCUT2D eigenvalue weighted by Gasteiger charge is -2.41. The highest BCUT2D eigenvalue weighted by molar-refractivity contribution is 5.85. The molecule has 1 aliphatic rings. The van der Waals surface area contributed by atoms with Gasteiger partial charge in [0.2, 0.25) is 5.95 Å². The van der Waals surface area contributed by atoms with E-state index in [4.69, 9.17) is 14.5 Å². The number of hydrogen-bond acceptors (Lipinski definition) is 7. The zero-order valence-corrected chi connectivity index (χ0v) is 16.9. The number of allylic oxidation sites excluding steroid dienone is 1. The first kappa shape index (κ1) is 20.3. The largest absolute Gasteiger partial charge is 0.354 e. The number of aromatic nitrogens is 4. The minimum absolute atomic E-state index is 0.502. The summed E-state index contributed by atoms with van der Waals surface area (Å²) in [6, 6.07) is 0. The minimum atomic E-state index is -0.502. The van der Waals surface area contributed by atoms with E-state index < -0.39 is 5.79 Å². The van der Waals surface area contributed by atoms with Gasteiger partial charge >= 0.3 is 0 Å². The van der Waals surface area contributed by atoms with E-state index in [1.54, 1.807) is 12.4 Å². The van der Waals surface area contributed by atoms with Crippen LogP contribution in [0.15, 0.2) is 31.6 Å². The fourth-order valence-electron chi connectivity index (χ4n) is 3.58. The first-order valence-electron chi connectivity index (χ1n) is 9.87. The summed E-state index contributed by atoms with van der Waals surface area (Å²) in [6.45, 7) is 15.7. The van der Waals surface area contributed by atoms with Crippen LogP contribution >= 0.6 is 0 Å². The van der Waals surface area contributed by atoms with Gasteiger partial charge in [0, 0.05) is 52.2 Å². The summed E-state index contributed by atoms with van der Waals surface area (Å²) < 4.78 is 13.9. The molecule has 1 aliphatic heterocycles. The molecule has 1 N–H and O–H groups in total. The highest BCUT2D eigenvalue weighted by Gasteiger charge is 2.37. The number of nitrogens with one attached hydrogen (secondary N) is 1. The van der Waals surface area contributed by atoms with E-state index in [2.05, 4.69) is 33.3 Å². The summed E-state index contributed by atoms with van der Waals surface area (Å²) in [5.74, 6) is 0.902. The van der Waals surface area contributed by atoms with Crippen LogP contribution in [0.5, 0.6) is 0 Å². The first-order chi connectivity index (χ1) is 13.7. The quantitative estimate of drug-likeness (QED) is 0.497. The summed E-state index contributed by atoms with van der Waals surface area (Å²) in [5, 5.41) is 3.20. The van der Waals surface area contributed by atoms with Crippen molar-refractivity contribution in [2.45, 2.75) is 39.0 Å². The smallest absolute Gasteiger partial charge is 0.227 e. The maximum Gasteiger partial charge on any atom is 0.227 e. The van der Waals surface area contributed by atoms with Gasteiger partial charge in [-0.05, 0) is 13.8 Å². The molecule has 0 bridgehead atoms. The van der Waals surface area contributed by atoms with Gasteiger partial charge in [-0.25, -0.2) is 4.98 Å². The molecule has 0 spiro atoms. The number of hydrogen-bond donors (Lipinski definition) is 1. The lowest BCUT2D eigenvalue weighted by molar-refractivity contribution is -0.242. The van der Waals surface area contributed by atoms with Crippen LogP contribution in [-0.4, -0.2) is 58.2 Å². The average molecular weight is 387 g/mol. The zero-order valence-electron chi connectivity index (χ0n) is 16.9. The van der Waals surface area contributed by atoms with E-state index in [0.717, 1.165) is 42.9 Å². The SMILES string of the molecule is C=CCNc1nc(N2CCC(OCC)(OCC)CC2)c2ncn(CC=C)c2n1. The third kappa shape index (κ3) is 4.18. The minimum Gasteiger partial charge on any atom is -0.354 e. The van der Waals surface area contributed by atoms with Gasteiger partial charge in [-0.15, -0.1) is 13.2 Å². The predicted molar refractivity (Wildman–Crippen MR) is 112 cm³/mol. The Morgan fingerprint density at radius 1 is 1.14 bits per heavy atom. The number of fused-ring (bicyclic) bond motifs is 1. The average Bonchev–Trinajstić information content (AvgIpc) is 3.10. The van der Waals surface area contributed by atoms with Crippen LogP contribution in [0, 0.1) is 0 Å². The van der Waals surface area contributed by atoms with Crippen molar-refractivity contribution in [1.82, 2.24) is 19.5 Å². The normalized spacial score (nSPS) is 16.3. The predicted octanol–water partition coefficient (Wildman–Crippen LogP) is 2.98. The lowest BCUT2D eigenvalue weighted by Crippen LogP contribution is -2.48. The number of piperidine rings is 1. The Balaban J connectivity index is 1.91. The summed E-state index contributed by atoms with van der Waals surface area (Å²) in [7, 11) is 0. The molecule has 0 saturated carbocycles. The van der Waals surface area contributed by atoms with Crippen LogP contribution < -0.4 is 10.2 Å². The van der Waals surface area contributed by atoms with E-state index in [1.807, 2.05) is 24.5 Å². The number of ether oxygens (including phenoxy) is 2. The van der Waals surface area contributed by atoms with Crippen LogP contribution in [-0.2, 0) is 16.0 Å². The maximum atomic E-state index is 5.96. The number of anilines is 2. The van der Waals surface area contributed by atoms with Gasteiger partial charge in [-0.2, -0.15) is 9.97 Å². The van der Waals surface area contributed by atoms with Crippen molar-refractivity contribution in [3.05, 3.63) is 31.6 Å². The summed E-state index contributed by atoms with van der Waals surface area (Å²) >= 11 is 0. The van der Waals surface area contributed by atoms with Gasteiger partial charge in [0.1, 0.15) is 0 Å². The molecular weight excluding hydrogens is 356 g/mol. The molecule has 3 heterocycles. The Bertz CT molecular complexity index is 802. The topological polar surface area (TPSA) is 77.3 Å². The van der Waals surface area contributed by atoms with Crippen molar-refractivity contribution in [1.29, 1.82) is 0 Å². The molecule has 1 saturated heterocycles. The third-order valence-electron chi connectivity index (χ3n) is 4.82. The summed E-state index contributed by atoms with van der Waals surface area (Å²) in [4.78, 5) is 16.2. The molecule has 1 fully saturated rings. The Hall–Kier alpha value is -2.45. The Kier molecular flexibility index (Phi) is 6.64. The van der Waals surface area contributed by atoms with E-state index in [0.29, 0.717) is 32.3 Å². The molecule has 3 rings (SSSR count). The standard InChI is InChI=1S/C20H30N6O2/c1-5-11-21-19-23-17(16-18(24-19)26(12-6-2)15-22-16)25-13-9-20(10-14-25,27-7-3)28-8-4/h5-6,15H,1-2,7-14H2,3-4H3,(H,21,23,24). The second-order valence-electron chi connectivity index (χ2n) is 6.66.